The Labute approximate surface area is 177 Å². The van der Waals surface area contributed by atoms with E-state index in [1.807, 2.05) is 47.0 Å². The highest BCUT2D eigenvalue weighted by molar-refractivity contribution is 8.23. The van der Waals surface area contributed by atoms with Gasteiger partial charge in [0.1, 0.15) is 13.2 Å². The predicted octanol–water partition coefficient (Wildman–Crippen LogP) is 3.87. The van der Waals surface area contributed by atoms with Gasteiger partial charge in [-0.2, -0.15) is 12.6 Å². The number of carbonyl (C=O) groups excluding carboxylic acids is 2. The summed E-state index contributed by atoms with van der Waals surface area (Å²) in [5.74, 6) is 1.16. The number of hydrogen-bond donors (Lipinski definition) is 1. The van der Waals surface area contributed by atoms with E-state index in [-0.39, 0.29) is 27.2 Å². The Balaban J connectivity index is 1.88. The van der Waals surface area contributed by atoms with Crippen molar-refractivity contribution >= 4 is 71.6 Å². The molecule has 0 amide bonds. The van der Waals surface area contributed by atoms with Crippen LogP contribution in [0.2, 0.25) is 0 Å². The van der Waals surface area contributed by atoms with Crippen LogP contribution in [-0.2, 0) is 19.1 Å². The van der Waals surface area contributed by atoms with E-state index in [1.165, 1.54) is 12.2 Å². The van der Waals surface area contributed by atoms with Gasteiger partial charge in [-0.1, -0.05) is 20.1 Å². The highest BCUT2D eigenvalue weighted by Crippen LogP contribution is 2.56. The third kappa shape index (κ3) is 5.83. The molecule has 4 nitrogen and oxygen atoms in total. The number of rotatable bonds is 9. The second kappa shape index (κ2) is 10.6. The molecule has 26 heavy (non-hydrogen) atoms. The summed E-state index contributed by atoms with van der Waals surface area (Å²) < 4.78 is 10.9. The lowest BCUT2D eigenvalue weighted by Gasteiger charge is -2.37. The van der Waals surface area contributed by atoms with Crippen LogP contribution in [0.1, 0.15) is 13.3 Å². The largest absolute Gasteiger partial charge is 0.461 e. The second-order valence-electron chi connectivity index (χ2n) is 5.86. The third-order valence-corrected chi connectivity index (χ3v) is 12.8. The fourth-order valence-electron chi connectivity index (χ4n) is 2.51. The number of thiol groups is 1. The molecule has 2 fully saturated rings. The van der Waals surface area contributed by atoms with Crippen LogP contribution in [-0.4, -0.2) is 61.1 Å². The standard InChI is InChI=1S/C17H24O4S5/c1-4-13(18)20-7-11-9-23-15(25-11)17(22,6-3)16-24-10-12(26-16)8-21-14(19)5-2/h4-5,11-12,15-16,22H,1-2,6-10H2,3H3. The number of ether oxygens (including phenoxy) is 2. The molecule has 0 aliphatic carbocycles. The average Bonchev–Trinajstić information content (AvgIpc) is 3.33. The molecule has 4 atom stereocenters. The summed E-state index contributed by atoms with van der Waals surface area (Å²) in [6.45, 7) is 9.85. The van der Waals surface area contributed by atoms with E-state index < -0.39 is 0 Å². The van der Waals surface area contributed by atoms with Gasteiger partial charge in [-0.25, -0.2) is 9.59 Å². The zero-order chi connectivity index (χ0) is 19.2. The van der Waals surface area contributed by atoms with Gasteiger partial charge < -0.3 is 9.47 Å². The highest BCUT2D eigenvalue weighted by atomic mass is 32.2. The molecule has 0 saturated carbocycles. The lowest BCUT2D eigenvalue weighted by molar-refractivity contribution is -0.138. The molecule has 0 radical (unpaired) electrons. The maximum Gasteiger partial charge on any atom is 0.330 e. The topological polar surface area (TPSA) is 52.6 Å². The van der Waals surface area contributed by atoms with E-state index in [4.69, 9.17) is 22.1 Å². The Bertz CT molecular complexity index is 499. The van der Waals surface area contributed by atoms with Crippen LogP contribution >= 0.6 is 59.7 Å². The third-order valence-electron chi connectivity index (χ3n) is 4.04. The molecule has 4 unspecified atom stereocenters. The maximum absolute atomic E-state index is 11.3. The minimum atomic E-state index is -0.370. The molecule has 0 aromatic heterocycles. The molecule has 2 aliphatic rings. The summed E-state index contributed by atoms with van der Waals surface area (Å²) in [6.07, 6.45) is 3.35. The van der Waals surface area contributed by atoms with Gasteiger partial charge in [0.2, 0.25) is 0 Å². The van der Waals surface area contributed by atoms with Gasteiger partial charge in [-0.15, -0.1) is 47.0 Å². The summed E-state index contributed by atoms with van der Waals surface area (Å²) in [5, 5.41) is 0.570. The molecular formula is C17H24O4S5. The lowest BCUT2D eigenvalue weighted by Crippen LogP contribution is -2.39. The van der Waals surface area contributed by atoms with Gasteiger partial charge in [-0.05, 0) is 6.42 Å². The molecular weight excluding hydrogens is 429 g/mol. The van der Waals surface area contributed by atoms with Gasteiger partial charge in [0.05, 0.1) is 13.9 Å². The van der Waals surface area contributed by atoms with E-state index in [0.29, 0.717) is 22.4 Å². The maximum atomic E-state index is 11.3. The lowest BCUT2D eigenvalue weighted by atomic mass is 10.1. The van der Waals surface area contributed by atoms with Crippen LogP contribution in [0, 0.1) is 0 Å². The molecule has 0 spiro atoms. The Morgan fingerprint density at radius 2 is 1.46 bits per heavy atom. The quantitative estimate of drug-likeness (QED) is 0.321. The van der Waals surface area contributed by atoms with E-state index in [9.17, 15) is 9.59 Å². The second-order valence-corrected chi connectivity index (χ2v) is 12.4. The highest BCUT2D eigenvalue weighted by Gasteiger charge is 2.49. The van der Waals surface area contributed by atoms with Crippen LogP contribution in [0.5, 0.6) is 0 Å². The molecule has 0 aromatic rings. The Kier molecular flexibility index (Phi) is 9.19. The molecule has 0 N–H and O–H groups in total. The smallest absolute Gasteiger partial charge is 0.330 e. The van der Waals surface area contributed by atoms with Crippen molar-refractivity contribution in [3.05, 3.63) is 25.3 Å². The van der Waals surface area contributed by atoms with E-state index in [2.05, 4.69) is 20.1 Å². The number of hydrogen-bond acceptors (Lipinski definition) is 9. The summed E-state index contributed by atoms with van der Waals surface area (Å²) in [7, 11) is 0. The first kappa shape index (κ1) is 22.5. The van der Waals surface area contributed by atoms with Gasteiger partial charge >= 0.3 is 11.9 Å². The minimum absolute atomic E-state index is 0.140. The molecule has 2 heterocycles. The summed E-state index contributed by atoms with van der Waals surface area (Å²) >= 11 is 12.6. The van der Waals surface area contributed by atoms with Crippen molar-refractivity contribution in [1.29, 1.82) is 0 Å². The molecule has 146 valence electrons. The number of esters is 2. The van der Waals surface area contributed by atoms with Crippen molar-refractivity contribution in [2.75, 3.05) is 24.7 Å². The first-order valence-electron chi connectivity index (χ1n) is 8.27. The van der Waals surface area contributed by atoms with Crippen molar-refractivity contribution < 1.29 is 19.1 Å². The fraction of sp³-hybridized carbons (Fsp3) is 0.647. The summed E-state index contributed by atoms with van der Waals surface area (Å²) in [4.78, 5) is 22.5. The monoisotopic (exact) mass is 452 g/mol. The van der Waals surface area contributed by atoms with Crippen molar-refractivity contribution in [3.63, 3.8) is 0 Å². The molecule has 2 rings (SSSR count). The van der Waals surface area contributed by atoms with Crippen LogP contribution in [0.15, 0.2) is 25.3 Å². The molecule has 2 saturated heterocycles. The molecule has 0 aromatic carbocycles. The molecule has 9 heteroatoms. The van der Waals surface area contributed by atoms with Gasteiger partial charge in [0.25, 0.3) is 0 Å². The first-order chi connectivity index (χ1) is 12.4. The van der Waals surface area contributed by atoms with Crippen molar-refractivity contribution in [2.45, 2.75) is 37.8 Å². The Morgan fingerprint density at radius 3 is 1.81 bits per heavy atom. The van der Waals surface area contributed by atoms with Crippen LogP contribution in [0.3, 0.4) is 0 Å². The Hall–Kier alpha value is 0.170. The summed E-state index contributed by atoms with van der Waals surface area (Å²) in [6, 6.07) is 0. The zero-order valence-electron chi connectivity index (χ0n) is 14.6. The zero-order valence-corrected chi connectivity index (χ0v) is 18.8. The van der Waals surface area contributed by atoms with Gasteiger partial charge in [0.15, 0.2) is 0 Å². The van der Waals surface area contributed by atoms with Crippen LogP contribution in [0.25, 0.3) is 0 Å². The van der Waals surface area contributed by atoms with E-state index in [1.54, 1.807) is 0 Å². The van der Waals surface area contributed by atoms with Crippen molar-refractivity contribution in [1.82, 2.24) is 0 Å². The fourth-order valence-corrected chi connectivity index (χ4v) is 11.0. The average molecular weight is 453 g/mol. The normalized spacial score (nSPS) is 30.4. The van der Waals surface area contributed by atoms with E-state index >= 15 is 0 Å². The minimum Gasteiger partial charge on any atom is -0.461 e. The molecule has 0 bridgehead atoms. The Morgan fingerprint density at radius 1 is 1.04 bits per heavy atom. The first-order valence-corrected chi connectivity index (χ1v) is 12.7. The SMILES string of the molecule is C=CC(=O)OCC1CSC(C(S)(CC)C2SCC(COC(=O)C=C)S2)S1. The number of thioether (sulfide) groups is 4. The number of carbonyl (C=O) groups is 2. The summed E-state index contributed by atoms with van der Waals surface area (Å²) in [5.41, 5.74) is 0. The van der Waals surface area contributed by atoms with Crippen molar-refractivity contribution in [2.24, 2.45) is 0 Å². The molecule has 2 aliphatic heterocycles. The predicted molar refractivity (Wildman–Crippen MR) is 120 cm³/mol. The van der Waals surface area contributed by atoms with Gasteiger partial charge in [0, 0.05) is 34.2 Å². The van der Waals surface area contributed by atoms with E-state index in [0.717, 1.165) is 17.9 Å². The van der Waals surface area contributed by atoms with Gasteiger partial charge in [-0.3, -0.25) is 0 Å². The van der Waals surface area contributed by atoms with Crippen LogP contribution < -0.4 is 0 Å². The van der Waals surface area contributed by atoms with Crippen molar-refractivity contribution in [3.8, 4) is 0 Å². The van der Waals surface area contributed by atoms with Crippen LogP contribution in [0.4, 0.5) is 0 Å².